The van der Waals surface area contributed by atoms with Gasteiger partial charge in [0, 0.05) is 32.9 Å². The lowest BCUT2D eigenvalue weighted by Gasteiger charge is -2.15. The first-order chi connectivity index (χ1) is 10.0. The number of aliphatic hydroxyl groups excluding tert-OH is 1. The normalized spacial score (nSPS) is 14.7. The van der Waals surface area contributed by atoms with Crippen LogP contribution in [0.1, 0.15) is 22.8 Å². The molecule has 2 aromatic carbocycles. The standard InChI is InChI=1S/C16H13BrCl2O2/c17-11-5-9-3-4-21-16(9)10(6-11)7-15(20)13-8-12(18)1-2-14(13)19/h1-2,5-6,8,15,20H,3-4,7H2. The van der Waals surface area contributed by atoms with Gasteiger partial charge in [-0.2, -0.15) is 0 Å². The predicted molar refractivity (Wildman–Crippen MR) is 88.5 cm³/mol. The lowest BCUT2D eigenvalue weighted by molar-refractivity contribution is 0.177. The molecule has 0 saturated carbocycles. The highest BCUT2D eigenvalue weighted by atomic mass is 79.9. The molecule has 0 amide bonds. The van der Waals surface area contributed by atoms with Gasteiger partial charge in [0.25, 0.3) is 0 Å². The summed E-state index contributed by atoms with van der Waals surface area (Å²) in [5, 5.41) is 11.6. The van der Waals surface area contributed by atoms with E-state index < -0.39 is 6.10 Å². The van der Waals surface area contributed by atoms with E-state index in [2.05, 4.69) is 22.0 Å². The summed E-state index contributed by atoms with van der Waals surface area (Å²) in [6, 6.07) is 9.15. The highest BCUT2D eigenvalue weighted by Gasteiger charge is 2.21. The Bertz CT molecular complexity index is 688. The molecule has 1 unspecified atom stereocenters. The van der Waals surface area contributed by atoms with Crippen molar-refractivity contribution in [2.24, 2.45) is 0 Å². The molecule has 110 valence electrons. The molecule has 0 aliphatic carbocycles. The van der Waals surface area contributed by atoms with E-state index in [-0.39, 0.29) is 0 Å². The molecule has 2 aromatic rings. The molecule has 0 bridgehead atoms. The van der Waals surface area contributed by atoms with Gasteiger partial charge >= 0.3 is 0 Å². The van der Waals surface area contributed by atoms with Gasteiger partial charge in [0.15, 0.2) is 0 Å². The number of benzene rings is 2. The Morgan fingerprint density at radius 2 is 2.05 bits per heavy atom. The summed E-state index contributed by atoms with van der Waals surface area (Å²) in [7, 11) is 0. The highest BCUT2D eigenvalue weighted by molar-refractivity contribution is 9.10. The van der Waals surface area contributed by atoms with Gasteiger partial charge in [-0.1, -0.05) is 39.1 Å². The van der Waals surface area contributed by atoms with E-state index in [1.54, 1.807) is 18.2 Å². The molecule has 0 saturated heterocycles. The van der Waals surface area contributed by atoms with Crippen molar-refractivity contribution >= 4 is 39.1 Å². The predicted octanol–water partition coefficient (Wildman–Crippen LogP) is 4.97. The first-order valence-corrected chi connectivity index (χ1v) is 8.16. The van der Waals surface area contributed by atoms with Crippen molar-refractivity contribution in [1.29, 1.82) is 0 Å². The third-order valence-corrected chi connectivity index (χ3v) is 4.59. The quantitative estimate of drug-likeness (QED) is 0.805. The maximum absolute atomic E-state index is 10.5. The summed E-state index contributed by atoms with van der Waals surface area (Å²) in [5.74, 6) is 0.885. The summed E-state index contributed by atoms with van der Waals surface area (Å²) >= 11 is 15.6. The van der Waals surface area contributed by atoms with Crippen LogP contribution in [-0.2, 0) is 12.8 Å². The van der Waals surface area contributed by atoms with E-state index >= 15 is 0 Å². The topological polar surface area (TPSA) is 29.5 Å². The molecule has 0 spiro atoms. The Morgan fingerprint density at radius 1 is 1.24 bits per heavy atom. The molecule has 5 heteroatoms. The fourth-order valence-corrected chi connectivity index (χ4v) is 3.56. The molecule has 1 aliphatic rings. The largest absolute Gasteiger partial charge is 0.493 e. The van der Waals surface area contributed by atoms with Crippen LogP contribution in [0.4, 0.5) is 0 Å². The van der Waals surface area contributed by atoms with Gasteiger partial charge in [0.2, 0.25) is 0 Å². The second-order valence-corrected chi connectivity index (χ2v) is 6.80. The molecule has 21 heavy (non-hydrogen) atoms. The Kier molecular flexibility index (Phi) is 4.46. The van der Waals surface area contributed by atoms with Gasteiger partial charge in [-0.15, -0.1) is 0 Å². The van der Waals surface area contributed by atoms with Crippen LogP contribution in [0.15, 0.2) is 34.8 Å². The molecule has 1 atom stereocenters. The Morgan fingerprint density at radius 3 is 2.86 bits per heavy atom. The zero-order chi connectivity index (χ0) is 15.0. The molecule has 3 rings (SSSR count). The monoisotopic (exact) mass is 386 g/mol. The van der Waals surface area contributed by atoms with Crippen molar-refractivity contribution in [2.75, 3.05) is 6.61 Å². The fraction of sp³-hybridized carbons (Fsp3) is 0.250. The number of rotatable bonds is 3. The average Bonchev–Trinajstić information content (AvgIpc) is 2.89. The number of aliphatic hydroxyl groups is 1. The lowest BCUT2D eigenvalue weighted by atomic mass is 9.99. The SMILES string of the molecule is OC(Cc1cc(Br)cc2c1OCC2)c1cc(Cl)ccc1Cl. The molecule has 1 N–H and O–H groups in total. The Labute approximate surface area is 141 Å². The van der Waals surface area contributed by atoms with Crippen LogP contribution in [0.3, 0.4) is 0 Å². The second kappa shape index (κ2) is 6.17. The molecule has 0 radical (unpaired) electrons. The molecular formula is C16H13BrCl2O2. The molecular weight excluding hydrogens is 375 g/mol. The molecule has 0 fully saturated rings. The molecule has 1 heterocycles. The number of hydrogen-bond acceptors (Lipinski definition) is 2. The van der Waals surface area contributed by atoms with E-state index in [1.165, 1.54) is 5.56 Å². The lowest BCUT2D eigenvalue weighted by Crippen LogP contribution is -2.04. The fourth-order valence-electron chi connectivity index (χ4n) is 2.59. The summed E-state index contributed by atoms with van der Waals surface area (Å²) in [6.07, 6.45) is 0.608. The van der Waals surface area contributed by atoms with Crippen LogP contribution < -0.4 is 4.74 Å². The Hall–Kier alpha value is -0.740. The van der Waals surface area contributed by atoms with Gasteiger partial charge in [0.1, 0.15) is 5.75 Å². The zero-order valence-electron chi connectivity index (χ0n) is 11.1. The van der Waals surface area contributed by atoms with E-state index in [1.807, 2.05) is 6.07 Å². The van der Waals surface area contributed by atoms with Gasteiger partial charge < -0.3 is 9.84 Å². The van der Waals surface area contributed by atoms with Crippen LogP contribution in [0.25, 0.3) is 0 Å². The van der Waals surface area contributed by atoms with E-state index in [4.69, 9.17) is 27.9 Å². The van der Waals surface area contributed by atoms with Gasteiger partial charge in [-0.05, 0) is 41.5 Å². The van der Waals surface area contributed by atoms with Crippen molar-refractivity contribution in [3.05, 3.63) is 61.5 Å². The van der Waals surface area contributed by atoms with Crippen molar-refractivity contribution in [3.8, 4) is 5.75 Å². The molecule has 1 aliphatic heterocycles. The van der Waals surface area contributed by atoms with Crippen molar-refractivity contribution in [2.45, 2.75) is 18.9 Å². The minimum atomic E-state index is -0.723. The minimum absolute atomic E-state index is 0.432. The van der Waals surface area contributed by atoms with Crippen LogP contribution >= 0.6 is 39.1 Å². The van der Waals surface area contributed by atoms with Crippen molar-refractivity contribution in [1.82, 2.24) is 0 Å². The maximum atomic E-state index is 10.5. The van der Waals surface area contributed by atoms with Crippen LogP contribution in [-0.4, -0.2) is 11.7 Å². The Balaban J connectivity index is 1.92. The number of hydrogen-bond donors (Lipinski definition) is 1. The van der Waals surface area contributed by atoms with Crippen molar-refractivity contribution in [3.63, 3.8) is 0 Å². The highest BCUT2D eigenvalue weighted by Crippen LogP contribution is 2.36. The molecule has 0 aromatic heterocycles. The summed E-state index contributed by atoms with van der Waals surface area (Å²) in [5.41, 5.74) is 2.78. The minimum Gasteiger partial charge on any atom is -0.493 e. The van der Waals surface area contributed by atoms with Crippen LogP contribution in [0, 0.1) is 0 Å². The van der Waals surface area contributed by atoms with Crippen LogP contribution in [0.5, 0.6) is 5.75 Å². The second-order valence-electron chi connectivity index (χ2n) is 5.04. The third-order valence-electron chi connectivity index (χ3n) is 3.56. The average molecular weight is 388 g/mol. The van der Waals surface area contributed by atoms with Gasteiger partial charge in [-0.3, -0.25) is 0 Å². The van der Waals surface area contributed by atoms with Crippen LogP contribution in [0.2, 0.25) is 10.0 Å². The summed E-state index contributed by atoms with van der Waals surface area (Å²) in [6.45, 7) is 0.687. The van der Waals surface area contributed by atoms with E-state index in [9.17, 15) is 5.11 Å². The smallest absolute Gasteiger partial charge is 0.125 e. The first-order valence-electron chi connectivity index (χ1n) is 6.61. The van der Waals surface area contributed by atoms with E-state index in [0.29, 0.717) is 28.6 Å². The summed E-state index contributed by atoms with van der Waals surface area (Å²) in [4.78, 5) is 0. The third kappa shape index (κ3) is 3.21. The number of halogens is 3. The summed E-state index contributed by atoms with van der Waals surface area (Å²) < 4.78 is 6.68. The maximum Gasteiger partial charge on any atom is 0.125 e. The number of ether oxygens (including phenoxy) is 1. The van der Waals surface area contributed by atoms with E-state index in [0.717, 1.165) is 22.2 Å². The number of fused-ring (bicyclic) bond motifs is 1. The first kappa shape index (κ1) is 15.2. The van der Waals surface area contributed by atoms with Gasteiger partial charge in [0.05, 0.1) is 12.7 Å². The molecule has 2 nitrogen and oxygen atoms in total. The van der Waals surface area contributed by atoms with Gasteiger partial charge in [-0.25, -0.2) is 0 Å². The van der Waals surface area contributed by atoms with Crippen molar-refractivity contribution < 1.29 is 9.84 Å². The zero-order valence-corrected chi connectivity index (χ0v) is 14.2.